The molecule has 1 heterocycles. The van der Waals surface area contributed by atoms with E-state index < -0.39 is 12.0 Å². The molecular formula is C16H18N2O5. The molecule has 4 rings (SSSR count). The van der Waals surface area contributed by atoms with Gasteiger partial charge in [-0.1, -0.05) is 6.07 Å². The molecular weight excluding hydrogens is 300 g/mol. The molecule has 3 aliphatic rings. The number of carbonyl (C=O) groups excluding carboxylic acids is 1. The van der Waals surface area contributed by atoms with Crippen LogP contribution in [0.1, 0.15) is 30.9 Å². The summed E-state index contributed by atoms with van der Waals surface area (Å²) in [5, 5.41) is 13.7. The minimum absolute atomic E-state index is 0.105. The monoisotopic (exact) mass is 318 g/mol. The first kappa shape index (κ1) is 14.3. The van der Waals surface area contributed by atoms with Crippen LogP contribution < -0.4 is 14.8 Å². The van der Waals surface area contributed by atoms with Crippen molar-refractivity contribution in [1.82, 2.24) is 5.32 Å². The second kappa shape index (κ2) is 5.40. The molecule has 2 saturated carbocycles. The molecule has 23 heavy (non-hydrogen) atoms. The molecule has 7 heteroatoms. The summed E-state index contributed by atoms with van der Waals surface area (Å²) in [6.07, 6.45) is 2.46. The van der Waals surface area contributed by atoms with Gasteiger partial charge in [0.1, 0.15) is 19.1 Å². The van der Waals surface area contributed by atoms with Gasteiger partial charge in [-0.2, -0.15) is 0 Å². The van der Waals surface area contributed by atoms with Gasteiger partial charge >= 0.3 is 0 Å². The molecule has 7 nitrogen and oxygen atoms in total. The van der Waals surface area contributed by atoms with E-state index in [0.29, 0.717) is 31.3 Å². The molecule has 0 bridgehead atoms. The highest BCUT2D eigenvalue weighted by atomic mass is 16.6. The zero-order chi connectivity index (χ0) is 16.0. The fourth-order valence-electron chi connectivity index (χ4n) is 3.11. The smallest absolute Gasteiger partial charge is 0.230 e. The Morgan fingerprint density at radius 3 is 2.65 bits per heavy atom. The SMILES string of the molecule is O=C(NC(c1ccc2c(c1)OCCO2)C1CC1)C1CC1[N+](=O)[O-]. The van der Waals surface area contributed by atoms with Crippen molar-refractivity contribution in [3.63, 3.8) is 0 Å². The maximum atomic E-state index is 12.3. The van der Waals surface area contributed by atoms with E-state index in [9.17, 15) is 14.9 Å². The third kappa shape index (κ3) is 2.83. The van der Waals surface area contributed by atoms with Crippen LogP contribution in [0.3, 0.4) is 0 Å². The Morgan fingerprint density at radius 2 is 2.00 bits per heavy atom. The Hall–Kier alpha value is -2.31. The van der Waals surface area contributed by atoms with Gasteiger partial charge in [-0.15, -0.1) is 0 Å². The first-order valence-corrected chi connectivity index (χ1v) is 7.97. The average molecular weight is 318 g/mol. The summed E-state index contributed by atoms with van der Waals surface area (Å²) in [5.74, 6) is 1.12. The lowest BCUT2D eigenvalue weighted by Crippen LogP contribution is -2.32. The van der Waals surface area contributed by atoms with Crippen LogP contribution in [0.15, 0.2) is 18.2 Å². The van der Waals surface area contributed by atoms with Crippen LogP contribution in [0.25, 0.3) is 0 Å². The molecule has 0 radical (unpaired) electrons. The number of fused-ring (bicyclic) bond motifs is 1. The summed E-state index contributed by atoms with van der Waals surface area (Å²) < 4.78 is 11.1. The molecule has 2 aliphatic carbocycles. The molecule has 1 aromatic carbocycles. The lowest BCUT2D eigenvalue weighted by Gasteiger charge is -2.23. The van der Waals surface area contributed by atoms with Crippen molar-refractivity contribution in [1.29, 1.82) is 0 Å². The summed E-state index contributed by atoms with van der Waals surface area (Å²) in [7, 11) is 0. The van der Waals surface area contributed by atoms with Crippen LogP contribution in [-0.4, -0.2) is 30.1 Å². The summed E-state index contributed by atoms with van der Waals surface area (Å²) in [4.78, 5) is 22.6. The third-order valence-corrected chi connectivity index (χ3v) is 4.68. The van der Waals surface area contributed by atoms with E-state index in [2.05, 4.69) is 5.32 Å². The molecule has 0 spiro atoms. The molecule has 1 N–H and O–H groups in total. The zero-order valence-corrected chi connectivity index (χ0v) is 12.6. The van der Waals surface area contributed by atoms with Crippen molar-refractivity contribution >= 4 is 5.91 Å². The number of rotatable bonds is 5. The number of nitrogens with one attached hydrogen (secondary N) is 1. The highest BCUT2D eigenvalue weighted by molar-refractivity contribution is 5.82. The molecule has 0 saturated heterocycles. The van der Waals surface area contributed by atoms with Gasteiger partial charge in [0.05, 0.1) is 6.04 Å². The molecule has 3 atom stereocenters. The summed E-state index contributed by atoms with van der Waals surface area (Å²) in [6, 6.07) is 4.90. The Kier molecular flexibility index (Phi) is 3.36. The van der Waals surface area contributed by atoms with Crippen LogP contribution in [0.2, 0.25) is 0 Å². The van der Waals surface area contributed by atoms with Crippen LogP contribution >= 0.6 is 0 Å². The van der Waals surface area contributed by atoms with Crippen molar-refractivity contribution in [3.8, 4) is 11.5 Å². The molecule has 2 fully saturated rings. The van der Waals surface area contributed by atoms with Gasteiger partial charge in [0.2, 0.25) is 11.9 Å². The normalized spacial score (nSPS) is 26.3. The lowest BCUT2D eigenvalue weighted by molar-refractivity contribution is -0.497. The van der Waals surface area contributed by atoms with Crippen LogP contribution in [0, 0.1) is 22.0 Å². The minimum Gasteiger partial charge on any atom is -0.486 e. The van der Waals surface area contributed by atoms with Crippen molar-refractivity contribution in [2.24, 2.45) is 11.8 Å². The maximum absolute atomic E-state index is 12.3. The number of hydrogen-bond donors (Lipinski definition) is 1. The zero-order valence-electron chi connectivity index (χ0n) is 12.6. The van der Waals surface area contributed by atoms with Gasteiger partial charge < -0.3 is 14.8 Å². The first-order valence-electron chi connectivity index (χ1n) is 7.97. The predicted molar refractivity (Wildman–Crippen MR) is 79.9 cm³/mol. The fourth-order valence-corrected chi connectivity index (χ4v) is 3.11. The summed E-state index contributed by atoms with van der Waals surface area (Å²) in [5.41, 5.74) is 0.975. The number of amides is 1. The van der Waals surface area contributed by atoms with E-state index in [0.717, 1.165) is 24.2 Å². The van der Waals surface area contributed by atoms with Crippen molar-refractivity contribution < 1.29 is 19.2 Å². The topological polar surface area (TPSA) is 90.7 Å². The van der Waals surface area contributed by atoms with Crippen LogP contribution in [-0.2, 0) is 4.79 Å². The van der Waals surface area contributed by atoms with Crippen LogP contribution in [0.4, 0.5) is 0 Å². The number of hydrogen-bond acceptors (Lipinski definition) is 5. The molecule has 3 unspecified atom stereocenters. The van der Waals surface area contributed by atoms with Crippen molar-refractivity contribution in [2.75, 3.05) is 13.2 Å². The minimum atomic E-state index is -0.713. The third-order valence-electron chi connectivity index (χ3n) is 4.68. The van der Waals surface area contributed by atoms with E-state index in [4.69, 9.17) is 9.47 Å². The average Bonchev–Trinajstić information content (AvgIpc) is 3.44. The van der Waals surface area contributed by atoms with Gasteiger partial charge in [0, 0.05) is 11.3 Å². The number of benzene rings is 1. The quantitative estimate of drug-likeness (QED) is 0.659. The van der Waals surface area contributed by atoms with Gasteiger partial charge in [-0.3, -0.25) is 14.9 Å². The highest BCUT2D eigenvalue weighted by Crippen LogP contribution is 2.44. The van der Waals surface area contributed by atoms with E-state index in [1.807, 2.05) is 18.2 Å². The Bertz CT molecular complexity index is 658. The van der Waals surface area contributed by atoms with Gasteiger partial charge in [-0.05, 0) is 36.5 Å². The lowest BCUT2D eigenvalue weighted by atomic mass is 10.0. The summed E-state index contributed by atoms with van der Waals surface area (Å²) >= 11 is 0. The highest BCUT2D eigenvalue weighted by Gasteiger charge is 2.54. The second-order valence-corrected chi connectivity index (χ2v) is 6.42. The van der Waals surface area contributed by atoms with Gasteiger partial charge in [0.25, 0.3) is 0 Å². The number of carbonyl (C=O) groups is 1. The maximum Gasteiger partial charge on any atom is 0.230 e. The fraction of sp³-hybridized carbons (Fsp3) is 0.562. The Labute approximate surface area is 133 Å². The Morgan fingerprint density at radius 1 is 1.26 bits per heavy atom. The van der Waals surface area contributed by atoms with Gasteiger partial charge in [-0.25, -0.2) is 0 Å². The van der Waals surface area contributed by atoms with Crippen molar-refractivity contribution in [2.45, 2.75) is 31.3 Å². The molecule has 122 valence electrons. The number of nitro groups is 1. The summed E-state index contributed by atoms with van der Waals surface area (Å²) in [6.45, 7) is 1.06. The van der Waals surface area contributed by atoms with E-state index in [1.165, 1.54) is 0 Å². The van der Waals surface area contributed by atoms with E-state index in [-0.39, 0.29) is 16.9 Å². The number of nitrogens with zero attached hydrogens (tertiary/aromatic N) is 1. The second-order valence-electron chi connectivity index (χ2n) is 6.42. The standard InChI is InChI=1S/C16H18N2O5/c19-16(11-8-12(11)18(20)21)17-15(9-1-2-9)10-3-4-13-14(7-10)23-6-5-22-13/h3-4,7,9,11-12,15H,1-2,5-6,8H2,(H,17,19). The Balaban J connectivity index is 1.50. The number of ether oxygens (including phenoxy) is 2. The molecule has 0 aromatic heterocycles. The van der Waals surface area contributed by atoms with Gasteiger partial charge in [0.15, 0.2) is 11.5 Å². The van der Waals surface area contributed by atoms with Crippen LogP contribution in [0.5, 0.6) is 11.5 Å². The van der Waals surface area contributed by atoms with E-state index in [1.54, 1.807) is 0 Å². The molecule has 1 aromatic rings. The largest absolute Gasteiger partial charge is 0.486 e. The predicted octanol–water partition coefficient (Wildman–Crippen LogP) is 1.69. The van der Waals surface area contributed by atoms with E-state index >= 15 is 0 Å². The molecule has 1 aliphatic heterocycles. The first-order chi connectivity index (χ1) is 11.1. The molecule has 1 amide bonds. The van der Waals surface area contributed by atoms with Crippen molar-refractivity contribution in [3.05, 3.63) is 33.9 Å².